The largest absolute Gasteiger partial charge is 0.449 e. The van der Waals surface area contributed by atoms with E-state index >= 15 is 0 Å². The summed E-state index contributed by atoms with van der Waals surface area (Å²) in [5.41, 5.74) is 10.6. The molecule has 0 saturated carbocycles. The van der Waals surface area contributed by atoms with Crippen LogP contribution in [-0.4, -0.2) is 66.2 Å². The van der Waals surface area contributed by atoms with Crippen LogP contribution in [0.15, 0.2) is 161 Å². The third kappa shape index (κ3) is 24.4. The van der Waals surface area contributed by atoms with Crippen LogP contribution < -0.4 is 10.1 Å². The molecule has 69 heavy (non-hydrogen) atoms. The first kappa shape index (κ1) is 54.3. The number of rotatable bonds is 21. The summed E-state index contributed by atoms with van der Waals surface area (Å²) in [6.07, 6.45) is 10.7. The lowest BCUT2D eigenvalue weighted by atomic mass is 10.0. The number of carbonyl (C=O) groups is 1. The lowest BCUT2D eigenvalue weighted by Gasteiger charge is -2.08. The highest BCUT2D eigenvalue weighted by molar-refractivity contribution is 14.1. The fraction of sp³-hybridized carbons (Fsp3) is 0.241. The fourth-order valence-corrected chi connectivity index (χ4v) is 6.03. The number of aliphatic hydroxyl groups is 2. The molecule has 6 aromatic carbocycles. The van der Waals surface area contributed by atoms with E-state index < -0.39 is 6.09 Å². The Balaban J connectivity index is 0.000000390. The number of nitrogens with one attached hydrogen (secondary N) is 1. The predicted molar refractivity (Wildman–Crippen MR) is 276 cm³/mol. The van der Waals surface area contributed by atoms with Gasteiger partial charge < -0.3 is 24.6 Å². The second kappa shape index (κ2) is 34.9. The monoisotopic (exact) mass is 1050 g/mol. The van der Waals surface area contributed by atoms with Gasteiger partial charge >= 0.3 is 6.09 Å². The molecule has 0 unspecified atom stereocenters. The van der Waals surface area contributed by atoms with Crippen molar-refractivity contribution in [1.82, 2.24) is 0 Å². The summed E-state index contributed by atoms with van der Waals surface area (Å²) in [6.45, 7) is 2.95. The summed E-state index contributed by atoms with van der Waals surface area (Å²) in [4.78, 5) is 54.3. The number of aliphatic hydroxyl groups excluding tert-OH is 2. The minimum absolute atomic E-state index is 0.157. The molecule has 0 aromatic heterocycles. The van der Waals surface area contributed by atoms with Crippen LogP contribution in [0.3, 0.4) is 0 Å². The smallest absolute Gasteiger partial charge is 0.411 e. The Morgan fingerprint density at radius 3 is 1.49 bits per heavy atom. The molecule has 15 heteroatoms. The molecule has 3 N–H and O–H groups in total. The standard InChI is InChI=1S/C33H28N4O6.C15H13NO.C5H12O2.CH3I/c34-22-41-32-16-8-28(9-17-32)21-27-6-14-31(15-7-27)37-33(39)40-18-1-19-42-43-24-36-30-12-4-26(5-13-30)20-25-2-10-29(11-3-25)35-23-38;1-12-2-4-13(5-3-12)10-14-6-8-15(9-7-14)16-11-17;6-4-2-1-3-5-7;1-2/h2-17,24H,1,18-21H2,(H,37,39);2-9H,10H2,1H3;6-7H,1-5H2;1H3/i;;;1D. The topological polar surface area (TPSA) is 201 Å². The molecule has 14 nitrogen and oxygen atoms in total. The van der Waals surface area contributed by atoms with Crippen LogP contribution >= 0.6 is 22.6 Å². The molecular weight excluding hydrogens is 990 g/mol. The second-order valence-corrected chi connectivity index (χ2v) is 14.7. The fourth-order valence-electron chi connectivity index (χ4n) is 6.03. The zero-order valence-corrected chi connectivity index (χ0v) is 40.5. The molecule has 1 amide bonds. The van der Waals surface area contributed by atoms with E-state index in [9.17, 15) is 14.4 Å². The molecule has 0 bridgehead atoms. The molecule has 0 spiro atoms. The van der Waals surface area contributed by atoms with Gasteiger partial charge in [0.2, 0.25) is 18.6 Å². The average molecular weight is 1050 g/mol. The Bertz CT molecular complexity index is 2540. The highest BCUT2D eigenvalue weighted by Crippen LogP contribution is 2.20. The van der Waals surface area contributed by atoms with Gasteiger partial charge in [-0.15, -0.1) is 5.26 Å². The van der Waals surface area contributed by atoms with Gasteiger partial charge in [-0.2, -0.15) is 14.9 Å². The molecule has 0 radical (unpaired) electrons. The zero-order chi connectivity index (χ0) is 50.4. The van der Waals surface area contributed by atoms with Gasteiger partial charge in [0.25, 0.3) is 6.26 Å². The number of benzene rings is 6. The first-order valence-electron chi connectivity index (χ1n) is 22.5. The zero-order valence-electron chi connectivity index (χ0n) is 39.3. The number of hydrogen-bond acceptors (Lipinski definition) is 13. The molecule has 6 aromatic rings. The Labute approximate surface area is 418 Å². The third-order valence-electron chi connectivity index (χ3n) is 9.53. The van der Waals surface area contributed by atoms with Crippen LogP contribution in [0.1, 0.15) is 66.0 Å². The van der Waals surface area contributed by atoms with Crippen molar-refractivity contribution in [3.05, 3.63) is 185 Å². The molecule has 6 rings (SSSR count). The second-order valence-electron chi connectivity index (χ2n) is 14.7. The van der Waals surface area contributed by atoms with Crippen molar-refractivity contribution in [3.63, 3.8) is 0 Å². The van der Waals surface area contributed by atoms with Crippen LogP contribution in [0, 0.1) is 18.4 Å². The molecule has 0 aliphatic rings. The van der Waals surface area contributed by atoms with Gasteiger partial charge in [-0.25, -0.2) is 19.4 Å². The summed E-state index contributed by atoms with van der Waals surface area (Å²) >= 11 is 1.96. The van der Waals surface area contributed by atoms with Crippen molar-refractivity contribution in [3.8, 4) is 12.0 Å². The molecule has 0 aliphatic heterocycles. The Hall–Kier alpha value is -7.28. The minimum Gasteiger partial charge on any atom is -0.449 e. The van der Waals surface area contributed by atoms with Crippen LogP contribution in [0.5, 0.6) is 5.75 Å². The number of unbranched alkanes of at least 4 members (excludes halogenated alkanes) is 2. The number of amides is 1. The van der Waals surface area contributed by atoms with E-state index in [0.29, 0.717) is 46.2 Å². The van der Waals surface area contributed by atoms with E-state index in [0.717, 1.165) is 54.4 Å². The number of anilines is 1. The maximum absolute atomic E-state index is 12.1. The quantitative estimate of drug-likeness (QED) is 0.00716. The Morgan fingerprint density at radius 1 is 0.638 bits per heavy atom. The lowest BCUT2D eigenvalue weighted by Crippen LogP contribution is -2.15. The number of hydrogen-bond donors (Lipinski definition) is 3. The van der Waals surface area contributed by atoms with E-state index in [-0.39, 0.29) is 26.4 Å². The van der Waals surface area contributed by atoms with Crippen molar-refractivity contribution in [2.75, 3.05) is 36.7 Å². The van der Waals surface area contributed by atoms with E-state index in [1.165, 1.54) is 35.3 Å². The van der Waals surface area contributed by atoms with Crippen LogP contribution in [0.25, 0.3) is 0 Å². The van der Waals surface area contributed by atoms with E-state index in [2.05, 4.69) is 51.5 Å². The molecule has 358 valence electrons. The summed E-state index contributed by atoms with van der Waals surface area (Å²) < 4.78 is 16.2. The normalized spacial score (nSPS) is 10.1. The van der Waals surface area contributed by atoms with E-state index in [4.69, 9.17) is 36.1 Å². The number of nitrogens with zero attached hydrogens (tertiary/aromatic N) is 4. The van der Waals surface area contributed by atoms with Crippen LogP contribution in [0.4, 0.5) is 27.5 Å². The Morgan fingerprint density at radius 2 is 1.06 bits per heavy atom. The van der Waals surface area contributed by atoms with Crippen molar-refractivity contribution < 1.29 is 45.2 Å². The average Bonchev–Trinajstić information content (AvgIpc) is 3.37. The number of aliphatic imine (C=N–C) groups is 3. The molecule has 0 aliphatic carbocycles. The molecule has 0 fully saturated rings. The number of alkyl halides is 1. The lowest BCUT2D eigenvalue weighted by molar-refractivity contribution is -0.217. The molecule has 0 saturated heterocycles. The molecule has 0 atom stereocenters. The Kier molecular flexibility index (Phi) is 27.5. The van der Waals surface area contributed by atoms with Gasteiger partial charge in [0.15, 0.2) is 0 Å². The first-order valence-corrected chi connectivity index (χ1v) is 23.3. The van der Waals surface area contributed by atoms with Crippen LogP contribution in [-0.2, 0) is 43.4 Å². The van der Waals surface area contributed by atoms with E-state index in [1.807, 2.05) is 108 Å². The maximum Gasteiger partial charge on any atom is 0.411 e. The molecular formula is C54H56IN5O9. The third-order valence-corrected chi connectivity index (χ3v) is 9.53. The van der Waals surface area contributed by atoms with Crippen molar-refractivity contribution in [2.24, 2.45) is 15.0 Å². The predicted octanol–water partition coefficient (Wildman–Crippen LogP) is 11.7. The minimum atomic E-state index is -0.559. The summed E-state index contributed by atoms with van der Waals surface area (Å²) in [7, 11) is 0. The van der Waals surface area contributed by atoms with Gasteiger partial charge in [-0.05, 0) is 144 Å². The van der Waals surface area contributed by atoms with Gasteiger partial charge in [0, 0.05) is 26.7 Å². The maximum atomic E-state index is 12.1. The van der Waals surface area contributed by atoms with E-state index in [1.54, 1.807) is 42.7 Å². The number of halogens is 1. The van der Waals surface area contributed by atoms with Gasteiger partial charge in [0.1, 0.15) is 5.75 Å². The number of aryl methyl sites for hydroxylation is 1. The summed E-state index contributed by atoms with van der Waals surface area (Å²) in [6, 6.07) is 45.9. The summed E-state index contributed by atoms with van der Waals surface area (Å²) in [5.74, 6) is 0.500. The van der Waals surface area contributed by atoms with Gasteiger partial charge in [0.05, 0.1) is 30.3 Å². The summed E-state index contributed by atoms with van der Waals surface area (Å²) in [5, 5.41) is 27.7. The van der Waals surface area contributed by atoms with Gasteiger partial charge in [-0.1, -0.05) is 113 Å². The highest BCUT2D eigenvalue weighted by atomic mass is 127. The first-order chi connectivity index (χ1) is 34.2. The molecule has 0 heterocycles. The van der Waals surface area contributed by atoms with Gasteiger partial charge in [-0.3, -0.25) is 5.32 Å². The highest BCUT2D eigenvalue weighted by Gasteiger charge is 2.05. The number of ether oxygens (including phenoxy) is 2. The van der Waals surface area contributed by atoms with Crippen LogP contribution in [0.2, 0.25) is 0 Å². The number of isocyanates is 2. The van der Waals surface area contributed by atoms with Crippen molar-refractivity contribution >= 4 is 70.0 Å². The van der Waals surface area contributed by atoms with Crippen molar-refractivity contribution in [1.29, 1.82) is 5.26 Å². The van der Waals surface area contributed by atoms with Crippen molar-refractivity contribution in [2.45, 2.75) is 51.9 Å². The number of nitriles is 1. The SMILES string of the molecule is Cc1ccc(Cc2ccc(N=C=O)cc2)cc1.N#COc1ccc(Cc2ccc(NC(=O)OCCCOOC=Nc3ccc(Cc4ccc(N=C=O)cc4)cc3)cc2)cc1.OCCCCCO.[2H]CI. The number of carbonyl (C=O) groups excluding carboxylic acids is 3.